The average Bonchev–Trinajstić information content (AvgIpc) is 2.42. The molecule has 94 valence electrons. The van der Waals surface area contributed by atoms with Crippen LogP contribution in [0.1, 0.15) is 31.4 Å². The van der Waals surface area contributed by atoms with Crippen molar-refractivity contribution in [2.24, 2.45) is 0 Å². The summed E-state index contributed by atoms with van der Waals surface area (Å²) in [6.07, 6.45) is 1.25. The summed E-state index contributed by atoms with van der Waals surface area (Å²) < 4.78 is 2.69. The fourth-order valence-corrected chi connectivity index (χ4v) is 4.43. The molecular formula is C17H22Zr. The van der Waals surface area contributed by atoms with Gasteiger partial charge in [0.15, 0.2) is 0 Å². The van der Waals surface area contributed by atoms with E-state index in [2.05, 4.69) is 74.5 Å². The molecule has 0 unspecified atom stereocenters. The zero-order valence-electron chi connectivity index (χ0n) is 11.4. The van der Waals surface area contributed by atoms with Gasteiger partial charge in [-0.2, -0.15) is 0 Å². The molecule has 0 heterocycles. The van der Waals surface area contributed by atoms with Crippen LogP contribution in [0.15, 0.2) is 60.7 Å². The number of rotatable bonds is 4. The molecule has 0 spiro atoms. The Bertz CT molecular complexity index is 355. The molecule has 1 heteroatoms. The van der Waals surface area contributed by atoms with Crippen LogP contribution in [0, 0.1) is 0 Å². The van der Waals surface area contributed by atoms with E-state index in [0.717, 1.165) is 0 Å². The van der Waals surface area contributed by atoms with Crippen molar-refractivity contribution in [2.45, 2.75) is 28.5 Å². The first kappa shape index (κ1) is 15.4. The normalized spacial score (nSPS) is 9.22. The number of benzene rings is 2. The van der Waals surface area contributed by atoms with Crippen molar-refractivity contribution >= 4 is 0 Å². The van der Waals surface area contributed by atoms with Gasteiger partial charge in [0, 0.05) is 0 Å². The quantitative estimate of drug-likeness (QED) is 0.753. The van der Waals surface area contributed by atoms with Crippen LogP contribution in [0.25, 0.3) is 0 Å². The van der Waals surface area contributed by atoms with Gasteiger partial charge in [0.2, 0.25) is 0 Å². The Balaban J connectivity index is 0.000000492. The van der Waals surface area contributed by atoms with Crippen LogP contribution < -0.4 is 0 Å². The predicted molar refractivity (Wildman–Crippen MR) is 76.3 cm³/mol. The summed E-state index contributed by atoms with van der Waals surface area (Å²) in [7, 11) is 0. The first-order valence-corrected chi connectivity index (χ1v) is 10.1. The standard InChI is InChI=1S/2C7H7.C3H8.Zr/c2*1-7-5-3-2-4-6-7;1-3-2;/h2*2-6H,1H2;3H2,1-2H3;. The van der Waals surface area contributed by atoms with Crippen LogP contribution in [-0.4, -0.2) is 0 Å². The van der Waals surface area contributed by atoms with Gasteiger partial charge in [-0.1, -0.05) is 20.3 Å². The van der Waals surface area contributed by atoms with Crippen molar-refractivity contribution in [2.75, 3.05) is 0 Å². The van der Waals surface area contributed by atoms with Crippen LogP contribution in [0.3, 0.4) is 0 Å². The maximum atomic E-state index is 2.24. The van der Waals surface area contributed by atoms with Crippen LogP contribution in [0.4, 0.5) is 0 Å². The summed E-state index contributed by atoms with van der Waals surface area (Å²) in [4.78, 5) is 0. The third-order valence-electron chi connectivity index (χ3n) is 2.34. The van der Waals surface area contributed by atoms with Crippen molar-refractivity contribution < 1.29 is 23.2 Å². The van der Waals surface area contributed by atoms with Gasteiger partial charge >= 0.3 is 103 Å². The Labute approximate surface area is 123 Å². The molecule has 2 aromatic carbocycles. The summed E-state index contributed by atoms with van der Waals surface area (Å²) in [5.74, 6) is 0. The SMILES string of the molecule is CCC.c1ccc([CH2][Zr][CH2]c2ccccc2)cc1. The van der Waals surface area contributed by atoms with E-state index in [0.29, 0.717) is 0 Å². The van der Waals surface area contributed by atoms with E-state index in [4.69, 9.17) is 0 Å². The average molecular weight is 318 g/mol. The molecule has 0 aliphatic rings. The van der Waals surface area contributed by atoms with Crippen LogP contribution in [-0.2, 0) is 31.5 Å². The predicted octanol–water partition coefficient (Wildman–Crippen LogP) is 4.89. The zero-order valence-corrected chi connectivity index (χ0v) is 13.9. The van der Waals surface area contributed by atoms with Gasteiger partial charge in [-0.3, -0.25) is 0 Å². The van der Waals surface area contributed by atoms with Crippen LogP contribution >= 0.6 is 0 Å². The summed E-state index contributed by atoms with van der Waals surface area (Å²) in [6.45, 7) is 4.25. The van der Waals surface area contributed by atoms with E-state index in [-0.39, 0.29) is 23.2 Å². The maximum absolute atomic E-state index is 2.24. The van der Waals surface area contributed by atoms with Gasteiger partial charge in [-0.05, 0) is 0 Å². The van der Waals surface area contributed by atoms with E-state index < -0.39 is 0 Å². The molecule has 0 bridgehead atoms. The van der Waals surface area contributed by atoms with Crippen LogP contribution in [0.5, 0.6) is 0 Å². The van der Waals surface area contributed by atoms with Crippen molar-refractivity contribution in [1.82, 2.24) is 0 Å². The van der Waals surface area contributed by atoms with E-state index in [1.54, 1.807) is 0 Å². The first-order valence-electron chi connectivity index (χ1n) is 6.65. The van der Waals surface area contributed by atoms with E-state index in [1.165, 1.54) is 25.8 Å². The van der Waals surface area contributed by atoms with Crippen LogP contribution in [0.2, 0.25) is 0 Å². The molecule has 18 heavy (non-hydrogen) atoms. The third kappa shape index (κ3) is 6.91. The Morgan fingerprint density at radius 2 is 1.00 bits per heavy atom. The van der Waals surface area contributed by atoms with Gasteiger partial charge in [-0.15, -0.1) is 0 Å². The Hall–Kier alpha value is -0.677. The Kier molecular flexibility index (Phi) is 8.77. The second-order valence-electron chi connectivity index (χ2n) is 4.28. The fourth-order valence-electron chi connectivity index (χ4n) is 1.54. The van der Waals surface area contributed by atoms with Gasteiger partial charge in [0.05, 0.1) is 0 Å². The second-order valence-corrected chi connectivity index (χ2v) is 7.25. The molecule has 0 aromatic heterocycles. The van der Waals surface area contributed by atoms with E-state index in [9.17, 15) is 0 Å². The van der Waals surface area contributed by atoms with Crippen molar-refractivity contribution in [3.63, 3.8) is 0 Å². The van der Waals surface area contributed by atoms with Crippen molar-refractivity contribution in [3.8, 4) is 0 Å². The Morgan fingerprint density at radius 1 is 0.667 bits per heavy atom. The molecule has 0 N–H and O–H groups in total. The molecule has 0 saturated carbocycles. The molecule has 0 radical (unpaired) electrons. The minimum absolute atomic E-state index is 0.258. The fraction of sp³-hybridized carbons (Fsp3) is 0.294. The second kappa shape index (κ2) is 10.3. The Morgan fingerprint density at radius 3 is 1.33 bits per heavy atom. The molecular weight excluding hydrogens is 295 g/mol. The van der Waals surface area contributed by atoms with Gasteiger partial charge in [0.25, 0.3) is 0 Å². The first-order chi connectivity index (χ1) is 8.86. The summed E-state index contributed by atoms with van der Waals surface area (Å²) in [5, 5.41) is 0. The molecule has 0 aliphatic carbocycles. The van der Waals surface area contributed by atoms with Gasteiger partial charge in [0.1, 0.15) is 0 Å². The molecule has 0 nitrogen and oxygen atoms in total. The molecule has 0 amide bonds. The minimum atomic E-state index is -0.258. The van der Waals surface area contributed by atoms with Gasteiger partial charge in [-0.25, -0.2) is 0 Å². The summed E-state index contributed by atoms with van der Waals surface area (Å²) in [6, 6.07) is 21.7. The summed E-state index contributed by atoms with van der Waals surface area (Å²) in [5.41, 5.74) is 3.03. The van der Waals surface area contributed by atoms with E-state index in [1.807, 2.05) is 0 Å². The monoisotopic (exact) mass is 316 g/mol. The van der Waals surface area contributed by atoms with Crippen molar-refractivity contribution in [1.29, 1.82) is 0 Å². The molecule has 0 atom stereocenters. The van der Waals surface area contributed by atoms with Crippen molar-refractivity contribution in [3.05, 3.63) is 71.8 Å². The molecule has 2 rings (SSSR count). The third-order valence-corrected chi connectivity index (χ3v) is 5.58. The zero-order chi connectivity index (χ0) is 13.1. The molecule has 0 saturated heterocycles. The van der Waals surface area contributed by atoms with Gasteiger partial charge < -0.3 is 0 Å². The molecule has 0 aliphatic heterocycles. The molecule has 2 aromatic rings. The molecule has 0 fully saturated rings. The van der Waals surface area contributed by atoms with E-state index >= 15 is 0 Å². The topological polar surface area (TPSA) is 0 Å². The summed E-state index contributed by atoms with van der Waals surface area (Å²) >= 11 is -0.258. The number of hydrogen-bond donors (Lipinski definition) is 0. The number of hydrogen-bond acceptors (Lipinski definition) is 0.